The molecule has 0 aliphatic heterocycles. The van der Waals surface area contributed by atoms with E-state index in [9.17, 15) is 0 Å². The van der Waals surface area contributed by atoms with Crippen molar-refractivity contribution in [3.05, 3.63) is 41.4 Å². The Morgan fingerprint density at radius 1 is 1.47 bits per heavy atom. The largest absolute Gasteiger partial charge is 0.399 e. The molecule has 0 amide bonds. The van der Waals surface area contributed by atoms with Crippen LogP contribution in [0.5, 0.6) is 0 Å². The molecule has 78 valence electrons. The molecule has 0 fully saturated rings. The van der Waals surface area contributed by atoms with Gasteiger partial charge >= 0.3 is 0 Å². The third-order valence-corrected chi connectivity index (χ3v) is 4.14. The number of thiazole rings is 1. The third-order valence-electron chi connectivity index (χ3n) is 2.07. The lowest BCUT2D eigenvalue weighted by Gasteiger charge is -2.09. The number of hydrogen-bond acceptors (Lipinski definition) is 4. The SMILES string of the molecule is CC(Sc1nccs1)c1cccc(N)c1. The zero-order valence-corrected chi connectivity index (χ0v) is 10.0. The molecule has 0 radical (unpaired) electrons. The number of aromatic nitrogens is 1. The smallest absolute Gasteiger partial charge is 0.150 e. The molecule has 1 atom stereocenters. The Bertz CT molecular complexity index is 426. The van der Waals surface area contributed by atoms with E-state index in [0.29, 0.717) is 5.25 Å². The second kappa shape index (κ2) is 4.68. The molecular weight excluding hydrogens is 224 g/mol. The summed E-state index contributed by atoms with van der Waals surface area (Å²) < 4.78 is 1.10. The Kier molecular flexibility index (Phi) is 3.28. The number of benzene rings is 1. The van der Waals surface area contributed by atoms with Crippen LogP contribution in [-0.2, 0) is 0 Å². The van der Waals surface area contributed by atoms with Gasteiger partial charge in [-0.3, -0.25) is 0 Å². The van der Waals surface area contributed by atoms with Crippen LogP contribution in [0.3, 0.4) is 0 Å². The van der Waals surface area contributed by atoms with Crippen LogP contribution in [0.4, 0.5) is 5.69 Å². The van der Waals surface area contributed by atoms with Gasteiger partial charge in [0.1, 0.15) is 4.34 Å². The zero-order valence-electron chi connectivity index (χ0n) is 8.38. The van der Waals surface area contributed by atoms with Gasteiger partial charge < -0.3 is 5.73 Å². The number of anilines is 1. The normalized spacial score (nSPS) is 12.6. The van der Waals surface area contributed by atoms with Gasteiger partial charge in [0, 0.05) is 22.5 Å². The van der Waals surface area contributed by atoms with Crippen LogP contribution in [0.2, 0.25) is 0 Å². The van der Waals surface area contributed by atoms with Crippen molar-refractivity contribution in [3.63, 3.8) is 0 Å². The topological polar surface area (TPSA) is 38.9 Å². The van der Waals surface area contributed by atoms with Crippen LogP contribution in [0.25, 0.3) is 0 Å². The van der Waals surface area contributed by atoms with Gasteiger partial charge in [0.15, 0.2) is 0 Å². The fraction of sp³-hybridized carbons (Fsp3) is 0.182. The fourth-order valence-electron chi connectivity index (χ4n) is 1.30. The van der Waals surface area contributed by atoms with Crippen molar-refractivity contribution in [2.45, 2.75) is 16.5 Å². The average molecular weight is 236 g/mol. The molecule has 1 aromatic heterocycles. The van der Waals surface area contributed by atoms with E-state index in [0.717, 1.165) is 10.0 Å². The first-order valence-corrected chi connectivity index (χ1v) is 6.43. The van der Waals surface area contributed by atoms with Gasteiger partial charge in [0.2, 0.25) is 0 Å². The summed E-state index contributed by atoms with van der Waals surface area (Å²) in [5.41, 5.74) is 7.81. The van der Waals surface area contributed by atoms with Crippen LogP contribution < -0.4 is 5.73 Å². The summed E-state index contributed by atoms with van der Waals surface area (Å²) in [4.78, 5) is 4.25. The van der Waals surface area contributed by atoms with Gasteiger partial charge in [-0.1, -0.05) is 23.9 Å². The Balaban J connectivity index is 2.11. The van der Waals surface area contributed by atoms with E-state index in [1.54, 1.807) is 23.1 Å². The van der Waals surface area contributed by atoms with Crippen LogP contribution in [-0.4, -0.2) is 4.98 Å². The lowest BCUT2D eigenvalue weighted by molar-refractivity contribution is 1.09. The molecule has 15 heavy (non-hydrogen) atoms. The lowest BCUT2D eigenvalue weighted by Crippen LogP contribution is -1.91. The molecule has 4 heteroatoms. The highest BCUT2D eigenvalue weighted by molar-refractivity contribution is 8.01. The maximum absolute atomic E-state index is 5.75. The summed E-state index contributed by atoms with van der Waals surface area (Å²) in [6.45, 7) is 2.17. The van der Waals surface area contributed by atoms with Crippen LogP contribution in [0.1, 0.15) is 17.7 Å². The molecule has 2 aromatic rings. The zero-order chi connectivity index (χ0) is 10.7. The molecule has 0 spiro atoms. The first kappa shape index (κ1) is 10.5. The van der Waals surface area contributed by atoms with E-state index in [2.05, 4.69) is 18.0 Å². The van der Waals surface area contributed by atoms with E-state index in [-0.39, 0.29) is 0 Å². The molecule has 2 rings (SSSR count). The first-order valence-electron chi connectivity index (χ1n) is 4.67. The summed E-state index contributed by atoms with van der Waals surface area (Å²) in [6.07, 6.45) is 1.83. The molecule has 0 saturated carbocycles. The monoisotopic (exact) mass is 236 g/mol. The van der Waals surface area contributed by atoms with E-state index < -0.39 is 0 Å². The fourth-order valence-corrected chi connectivity index (χ4v) is 3.19. The minimum Gasteiger partial charge on any atom is -0.399 e. The van der Waals surface area contributed by atoms with Crippen LogP contribution in [0.15, 0.2) is 40.2 Å². The number of nitrogens with zero attached hydrogens (tertiary/aromatic N) is 1. The lowest BCUT2D eigenvalue weighted by atomic mass is 10.1. The summed E-state index contributed by atoms with van der Waals surface area (Å²) in [6, 6.07) is 8.01. The Hall–Kier alpha value is -1.00. The molecule has 0 aliphatic carbocycles. The van der Waals surface area contributed by atoms with E-state index in [1.165, 1.54) is 5.56 Å². The van der Waals surface area contributed by atoms with E-state index in [4.69, 9.17) is 5.73 Å². The van der Waals surface area contributed by atoms with E-state index in [1.807, 2.05) is 29.8 Å². The van der Waals surface area contributed by atoms with Crippen molar-refractivity contribution in [1.82, 2.24) is 4.98 Å². The van der Waals surface area contributed by atoms with Crippen LogP contribution in [0, 0.1) is 0 Å². The molecular formula is C11H12N2S2. The van der Waals surface area contributed by atoms with Gasteiger partial charge in [0.25, 0.3) is 0 Å². The summed E-state index contributed by atoms with van der Waals surface area (Å²) in [5.74, 6) is 0. The Labute approximate surface area is 97.5 Å². The van der Waals surface area contributed by atoms with Crippen molar-refractivity contribution in [2.24, 2.45) is 0 Å². The molecule has 2 nitrogen and oxygen atoms in total. The van der Waals surface area contributed by atoms with Gasteiger partial charge in [-0.15, -0.1) is 11.3 Å². The van der Waals surface area contributed by atoms with Crippen molar-refractivity contribution in [2.75, 3.05) is 5.73 Å². The number of nitrogens with two attached hydrogens (primary N) is 1. The average Bonchev–Trinajstić information content (AvgIpc) is 2.70. The minimum absolute atomic E-state index is 0.389. The van der Waals surface area contributed by atoms with Crippen molar-refractivity contribution in [1.29, 1.82) is 0 Å². The first-order chi connectivity index (χ1) is 7.25. The Morgan fingerprint density at radius 3 is 3.00 bits per heavy atom. The maximum atomic E-state index is 5.75. The van der Waals surface area contributed by atoms with Gasteiger partial charge in [-0.25, -0.2) is 4.98 Å². The maximum Gasteiger partial charge on any atom is 0.150 e. The second-order valence-electron chi connectivity index (χ2n) is 3.23. The molecule has 0 saturated heterocycles. The number of rotatable bonds is 3. The van der Waals surface area contributed by atoms with Gasteiger partial charge in [-0.2, -0.15) is 0 Å². The van der Waals surface area contributed by atoms with Crippen LogP contribution >= 0.6 is 23.1 Å². The summed E-state index contributed by atoms with van der Waals surface area (Å²) in [7, 11) is 0. The third kappa shape index (κ3) is 2.73. The molecule has 0 aliphatic rings. The predicted molar refractivity (Wildman–Crippen MR) is 67.2 cm³/mol. The predicted octanol–water partition coefficient (Wildman–Crippen LogP) is 3.58. The highest BCUT2D eigenvalue weighted by atomic mass is 32.2. The molecule has 2 N–H and O–H groups in total. The van der Waals surface area contributed by atoms with Crippen molar-refractivity contribution >= 4 is 28.8 Å². The summed E-state index contributed by atoms with van der Waals surface area (Å²) in [5, 5.41) is 2.38. The van der Waals surface area contributed by atoms with Crippen molar-refractivity contribution in [3.8, 4) is 0 Å². The summed E-state index contributed by atoms with van der Waals surface area (Å²) >= 11 is 3.43. The number of thioether (sulfide) groups is 1. The molecule has 0 bridgehead atoms. The Morgan fingerprint density at radius 2 is 2.33 bits per heavy atom. The minimum atomic E-state index is 0.389. The van der Waals surface area contributed by atoms with E-state index >= 15 is 0 Å². The standard InChI is InChI=1S/C11H12N2S2/c1-8(15-11-13-5-6-14-11)9-3-2-4-10(12)7-9/h2-8H,12H2,1H3. The highest BCUT2D eigenvalue weighted by Gasteiger charge is 2.08. The molecule has 1 aromatic carbocycles. The molecule has 1 heterocycles. The highest BCUT2D eigenvalue weighted by Crippen LogP contribution is 2.35. The molecule has 1 unspecified atom stereocenters. The van der Waals surface area contributed by atoms with Gasteiger partial charge in [0.05, 0.1) is 0 Å². The van der Waals surface area contributed by atoms with Gasteiger partial charge in [-0.05, 0) is 24.6 Å². The van der Waals surface area contributed by atoms with Crippen molar-refractivity contribution < 1.29 is 0 Å². The quantitative estimate of drug-likeness (QED) is 0.654. The number of hydrogen-bond donors (Lipinski definition) is 1. The second-order valence-corrected chi connectivity index (χ2v) is 5.71. The number of nitrogen functional groups attached to an aromatic ring is 1.